The van der Waals surface area contributed by atoms with Crippen molar-refractivity contribution in [3.8, 4) is 0 Å². The zero-order chi connectivity index (χ0) is 16.7. The van der Waals surface area contributed by atoms with Gasteiger partial charge in [0.15, 0.2) is 0 Å². The van der Waals surface area contributed by atoms with Gasteiger partial charge in [0, 0.05) is 11.8 Å². The molecule has 0 amide bonds. The van der Waals surface area contributed by atoms with E-state index in [1.54, 1.807) is 24.3 Å². The van der Waals surface area contributed by atoms with Crippen molar-refractivity contribution in [1.82, 2.24) is 0 Å². The summed E-state index contributed by atoms with van der Waals surface area (Å²) >= 11 is 0. The van der Waals surface area contributed by atoms with Crippen LogP contribution in [-0.4, -0.2) is 18.0 Å². The van der Waals surface area contributed by atoms with Crippen LogP contribution in [0.15, 0.2) is 52.9 Å². The minimum absolute atomic E-state index is 0.286. The van der Waals surface area contributed by atoms with Gasteiger partial charge in [-0.25, -0.2) is 4.99 Å². The van der Waals surface area contributed by atoms with Crippen LogP contribution >= 0.6 is 0 Å². The number of unbranched alkanes of at least 4 members (excludes halogenated alkanes) is 3. The van der Waals surface area contributed by atoms with E-state index in [4.69, 9.17) is 21.6 Å². The van der Waals surface area contributed by atoms with Gasteiger partial charge in [0.25, 0.3) is 0 Å². The normalized spacial score (nSPS) is 16.2. The van der Waals surface area contributed by atoms with Crippen molar-refractivity contribution in [1.29, 1.82) is 5.41 Å². The number of nitrogens with two attached hydrogens (primary N) is 2. The number of aliphatic imine (C=N–C) groups is 1. The van der Waals surface area contributed by atoms with Crippen molar-refractivity contribution >= 4 is 22.8 Å². The summed E-state index contributed by atoms with van der Waals surface area (Å²) in [4.78, 5) is 4.50. The number of rotatable bonds is 7. The minimum Gasteiger partial charge on any atom is -0.491 e. The molecule has 5 nitrogen and oxygen atoms in total. The zero-order valence-corrected chi connectivity index (χ0v) is 13.5. The molecule has 122 valence electrons. The Morgan fingerprint density at radius 1 is 1.04 bits per heavy atom. The van der Waals surface area contributed by atoms with Crippen molar-refractivity contribution in [2.24, 2.45) is 10.7 Å². The van der Waals surface area contributed by atoms with Crippen LogP contribution in [0.25, 0.3) is 0 Å². The van der Waals surface area contributed by atoms with Crippen LogP contribution in [0.1, 0.15) is 32.6 Å². The van der Waals surface area contributed by atoms with E-state index in [1.807, 2.05) is 12.1 Å². The number of nitrogens with zero attached hydrogens (tertiary/aromatic N) is 1. The topological polar surface area (TPSA) is 97.5 Å². The second kappa shape index (κ2) is 8.17. The quantitative estimate of drug-likeness (QED) is 0.407. The third-order valence-corrected chi connectivity index (χ3v) is 3.53. The second-order valence-electron chi connectivity index (χ2n) is 5.52. The molecule has 0 radical (unpaired) electrons. The number of nitrogen functional groups attached to an aromatic ring is 1. The zero-order valence-electron chi connectivity index (χ0n) is 13.5. The molecule has 5 N–H and O–H groups in total. The van der Waals surface area contributed by atoms with Gasteiger partial charge in [-0.3, -0.25) is 5.41 Å². The molecule has 0 atom stereocenters. The number of allylic oxidation sites excluding steroid dienone is 2. The van der Waals surface area contributed by atoms with E-state index in [1.165, 1.54) is 12.8 Å². The molecule has 0 saturated heterocycles. The average Bonchev–Trinajstić information content (AvgIpc) is 2.53. The first-order valence-electron chi connectivity index (χ1n) is 7.95. The number of anilines is 1. The van der Waals surface area contributed by atoms with Gasteiger partial charge < -0.3 is 16.2 Å². The Hall–Kier alpha value is -2.56. The van der Waals surface area contributed by atoms with Crippen molar-refractivity contribution < 1.29 is 4.74 Å². The Labute approximate surface area is 137 Å². The van der Waals surface area contributed by atoms with Crippen molar-refractivity contribution in [2.45, 2.75) is 32.6 Å². The molecule has 0 heterocycles. The fourth-order valence-corrected chi connectivity index (χ4v) is 2.20. The van der Waals surface area contributed by atoms with Crippen LogP contribution in [0.4, 0.5) is 11.4 Å². The summed E-state index contributed by atoms with van der Waals surface area (Å²) < 4.78 is 5.71. The van der Waals surface area contributed by atoms with E-state index in [9.17, 15) is 0 Å². The van der Waals surface area contributed by atoms with Crippen LogP contribution in [0.3, 0.4) is 0 Å². The van der Waals surface area contributed by atoms with Gasteiger partial charge >= 0.3 is 0 Å². The van der Waals surface area contributed by atoms with E-state index in [0.29, 0.717) is 29.5 Å². The molecule has 0 aromatic heterocycles. The molecule has 0 bridgehead atoms. The lowest BCUT2D eigenvalue weighted by molar-refractivity contribution is 0.223. The molecular weight excluding hydrogens is 288 g/mol. The molecule has 1 aromatic rings. The van der Waals surface area contributed by atoms with Crippen molar-refractivity contribution in [2.75, 3.05) is 12.3 Å². The highest BCUT2D eigenvalue weighted by Crippen LogP contribution is 2.19. The lowest BCUT2D eigenvalue weighted by atomic mass is 10.1. The van der Waals surface area contributed by atoms with Gasteiger partial charge in [-0.1, -0.05) is 26.2 Å². The average molecular weight is 312 g/mol. The van der Waals surface area contributed by atoms with E-state index < -0.39 is 0 Å². The highest BCUT2D eigenvalue weighted by molar-refractivity contribution is 6.22. The first kappa shape index (κ1) is 16.8. The largest absolute Gasteiger partial charge is 0.491 e. The molecule has 1 aliphatic rings. The highest BCUT2D eigenvalue weighted by Gasteiger charge is 2.15. The standard InChI is InChI=1S/C18H24N4O/c1-2-3-4-5-10-23-18-12-17(15(20)11-16(18)21)22-14-8-6-13(19)7-9-14/h6-9,11-12,21H,2-5,10,19-20H2,1H3/b21-16?,22-17+. The number of nitrogens with one attached hydrogen (secondary N) is 1. The molecule has 0 unspecified atom stereocenters. The third-order valence-electron chi connectivity index (χ3n) is 3.53. The maximum atomic E-state index is 7.97. The fourth-order valence-electron chi connectivity index (χ4n) is 2.20. The number of hydrogen-bond donors (Lipinski definition) is 3. The molecular formula is C18H24N4O. The van der Waals surface area contributed by atoms with Crippen LogP contribution in [0.5, 0.6) is 0 Å². The summed E-state index contributed by atoms with van der Waals surface area (Å²) in [6.07, 6.45) is 7.83. The predicted octanol–water partition coefficient (Wildman–Crippen LogP) is 3.70. The Bertz CT molecular complexity index is 641. The second-order valence-corrected chi connectivity index (χ2v) is 5.52. The molecule has 0 aliphatic heterocycles. The van der Waals surface area contributed by atoms with Crippen molar-refractivity contribution in [3.05, 3.63) is 47.9 Å². The lowest BCUT2D eigenvalue weighted by Crippen LogP contribution is -2.19. The number of benzene rings is 1. The highest BCUT2D eigenvalue weighted by atomic mass is 16.5. The van der Waals surface area contributed by atoms with E-state index >= 15 is 0 Å². The van der Waals surface area contributed by atoms with Crippen LogP contribution < -0.4 is 11.5 Å². The summed E-state index contributed by atoms with van der Waals surface area (Å²) in [5.41, 5.74) is 14.4. The Morgan fingerprint density at radius 2 is 1.78 bits per heavy atom. The fraction of sp³-hybridized carbons (Fsp3) is 0.333. The molecule has 23 heavy (non-hydrogen) atoms. The van der Waals surface area contributed by atoms with Gasteiger partial charge in [0.05, 0.1) is 29.4 Å². The molecule has 1 aromatic carbocycles. The van der Waals surface area contributed by atoms with E-state index in [0.717, 1.165) is 18.5 Å². The molecule has 0 spiro atoms. The van der Waals surface area contributed by atoms with Gasteiger partial charge in [0.2, 0.25) is 0 Å². The minimum atomic E-state index is 0.286. The molecule has 0 saturated carbocycles. The summed E-state index contributed by atoms with van der Waals surface area (Å²) in [6.45, 7) is 2.78. The molecule has 0 fully saturated rings. The molecule has 2 rings (SSSR count). The Morgan fingerprint density at radius 3 is 2.48 bits per heavy atom. The summed E-state index contributed by atoms with van der Waals surface area (Å²) in [7, 11) is 0. The predicted molar refractivity (Wildman–Crippen MR) is 96.1 cm³/mol. The first-order valence-corrected chi connectivity index (χ1v) is 7.95. The molecule has 1 aliphatic carbocycles. The van der Waals surface area contributed by atoms with Gasteiger partial charge in [-0.2, -0.15) is 0 Å². The lowest BCUT2D eigenvalue weighted by Gasteiger charge is -2.15. The summed E-state index contributed by atoms with van der Waals surface area (Å²) in [6, 6.07) is 7.24. The summed E-state index contributed by atoms with van der Waals surface area (Å²) in [5.74, 6) is 0.518. The third kappa shape index (κ3) is 4.98. The molecule has 5 heteroatoms. The Balaban J connectivity index is 2.07. The van der Waals surface area contributed by atoms with Gasteiger partial charge in [-0.15, -0.1) is 0 Å². The van der Waals surface area contributed by atoms with Crippen LogP contribution in [0, 0.1) is 5.41 Å². The van der Waals surface area contributed by atoms with E-state index in [2.05, 4.69) is 11.9 Å². The van der Waals surface area contributed by atoms with Crippen LogP contribution in [-0.2, 0) is 4.74 Å². The SMILES string of the molecule is CCCCCCOC1=C/C(=N\c2ccc(N)cc2)C(N)=CC1=N. The Kier molecular flexibility index (Phi) is 5.97. The van der Waals surface area contributed by atoms with Crippen LogP contribution in [0.2, 0.25) is 0 Å². The monoisotopic (exact) mass is 312 g/mol. The summed E-state index contributed by atoms with van der Waals surface area (Å²) in [5, 5.41) is 7.97. The van der Waals surface area contributed by atoms with E-state index in [-0.39, 0.29) is 5.71 Å². The number of ether oxygens (including phenoxy) is 1. The maximum absolute atomic E-state index is 7.97. The first-order chi connectivity index (χ1) is 11.1. The van der Waals surface area contributed by atoms with Gasteiger partial charge in [-0.05, 0) is 36.8 Å². The maximum Gasteiger partial charge on any atom is 0.146 e. The van der Waals surface area contributed by atoms with Gasteiger partial charge in [0.1, 0.15) is 5.76 Å². The number of hydrogen-bond acceptors (Lipinski definition) is 5. The smallest absolute Gasteiger partial charge is 0.146 e. The van der Waals surface area contributed by atoms with Crippen molar-refractivity contribution in [3.63, 3.8) is 0 Å².